The van der Waals surface area contributed by atoms with E-state index in [1.54, 1.807) is 11.8 Å². The average molecular weight is 377 g/mol. The van der Waals surface area contributed by atoms with Crippen LogP contribution in [0.5, 0.6) is 0 Å². The summed E-state index contributed by atoms with van der Waals surface area (Å²) in [6, 6.07) is 12.5. The van der Waals surface area contributed by atoms with Crippen molar-refractivity contribution >= 4 is 46.7 Å². The smallest absolute Gasteiger partial charge is 0.0738 e. The van der Waals surface area contributed by atoms with E-state index in [0.29, 0.717) is 10.0 Å². The van der Waals surface area contributed by atoms with Gasteiger partial charge in [0.25, 0.3) is 0 Å². The fraction of sp³-hybridized carbons (Fsp3) is 0.263. The Morgan fingerprint density at radius 3 is 2.50 bits per heavy atom. The van der Waals surface area contributed by atoms with Crippen LogP contribution in [-0.2, 0) is 0 Å². The first-order valence-corrected chi connectivity index (χ1v) is 9.61. The standard InChI is InChI=1S/C19H18Cl2N2S/c1-22-8-10-23(11-9-22)16-12-13-4-2-3-5-17(13)24-19-14(16)6-7-15(20)18(19)21/h2-7,12H,8-11H2,1H3. The van der Waals surface area contributed by atoms with Gasteiger partial charge in [-0.3, -0.25) is 0 Å². The van der Waals surface area contributed by atoms with Gasteiger partial charge in [0.1, 0.15) is 0 Å². The van der Waals surface area contributed by atoms with Crippen molar-refractivity contribution in [1.82, 2.24) is 9.80 Å². The van der Waals surface area contributed by atoms with Crippen LogP contribution in [0, 0.1) is 0 Å². The number of halogens is 2. The van der Waals surface area contributed by atoms with E-state index in [2.05, 4.69) is 53.3 Å². The Hall–Kier alpha value is -1.13. The Kier molecular flexibility index (Phi) is 4.52. The predicted octanol–water partition coefficient (Wildman–Crippen LogP) is 5.20. The summed E-state index contributed by atoms with van der Waals surface area (Å²) in [7, 11) is 2.18. The van der Waals surface area contributed by atoms with Crippen LogP contribution >= 0.6 is 35.0 Å². The lowest BCUT2D eigenvalue weighted by molar-refractivity contribution is 0.207. The number of benzene rings is 2. The van der Waals surface area contributed by atoms with E-state index in [4.69, 9.17) is 23.2 Å². The summed E-state index contributed by atoms with van der Waals surface area (Å²) in [5, 5.41) is 1.26. The van der Waals surface area contributed by atoms with Crippen LogP contribution in [0.4, 0.5) is 0 Å². The van der Waals surface area contributed by atoms with Crippen molar-refractivity contribution in [3.8, 4) is 0 Å². The van der Waals surface area contributed by atoms with E-state index in [1.807, 2.05) is 6.07 Å². The van der Waals surface area contributed by atoms with E-state index >= 15 is 0 Å². The van der Waals surface area contributed by atoms with Crippen LogP contribution in [0.15, 0.2) is 46.2 Å². The van der Waals surface area contributed by atoms with Gasteiger partial charge in [-0.15, -0.1) is 0 Å². The summed E-state index contributed by atoms with van der Waals surface area (Å²) in [6.45, 7) is 4.19. The van der Waals surface area contributed by atoms with E-state index in [-0.39, 0.29) is 0 Å². The molecule has 0 unspecified atom stereocenters. The quantitative estimate of drug-likeness (QED) is 0.674. The number of hydrogen-bond donors (Lipinski definition) is 0. The first kappa shape index (κ1) is 16.3. The molecule has 0 N–H and O–H groups in total. The average Bonchev–Trinajstić information content (AvgIpc) is 2.76. The summed E-state index contributed by atoms with van der Waals surface area (Å²) in [5.74, 6) is 0. The predicted molar refractivity (Wildman–Crippen MR) is 104 cm³/mol. The molecule has 5 heteroatoms. The Bertz CT molecular complexity index is 811. The normalized spacial score (nSPS) is 17.8. The highest BCUT2D eigenvalue weighted by Gasteiger charge is 2.25. The first-order chi connectivity index (χ1) is 11.6. The van der Waals surface area contributed by atoms with Gasteiger partial charge in [-0.05, 0) is 30.8 Å². The zero-order valence-corrected chi connectivity index (χ0v) is 15.8. The maximum Gasteiger partial charge on any atom is 0.0738 e. The van der Waals surface area contributed by atoms with E-state index < -0.39 is 0 Å². The second-order valence-electron chi connectivity index (χ2n) is 6.20. The van der Waals surface area contributed by atoms with E-state index in [9.17, 15) is 0 Å². The lowest BCUT2D eigenvalue weighted by atomic mass is 10.1. The van der Waals surface area contributed by atoms with Crippen molar-refractivity contribution in [2.45, 2.75) is 9.79 Å². The van der Waals surface area contributed by atoms with E-state index in [1.165, 1.54) is 21.7 Å². The minimum atomic E-state index is 0.611. The Morgan fingerprint density at radius 2 is 1.71 bits per heavy atom. The van der Waals surface area contributed by atoms with Crippen LogP contribution in [-0.4, -0.2) is 43.0 Å². The Morgan fingerprint density at radius 1 is 0.958 bits per heavy atom. The molecule has 0 saturated carbocycles. The van der Waals surface area contributed by atoms with Gasteiger partial charge in [0.15, 0.2) is 0 Å². The fourth-order valence-electron chi connectivity index (χ4n) is 3.17. The highest BCUT2D eigenvalue weighted by Crippen LogP contribution is 2.46. The molecule has 1 saturated heterocycles. The highest BCUT2D eigenvalue weighted by atomic mass is 35.5. The van der Waals surface area contributed by atoms with Crippen LogP contribution < -0.4 is 0 Å². The van der Waals surface area contributed by atoms with Crippen LogP contribution in [0.2, 0.25) is 10.0 Å². The molecular weight excluding hydrogens is 359 g/mol. The lowest BCUT2D eigenvalue weighted by Gasteiger charge is -2.36. The fourth-order valence-corrected chi connectivity index (χ4v) is 4.76. The van der Waals surface area contributed by atoms with Crippen molar-refractivity contribution in [2.24, 2.45) is 0 Å². The molecule has 2 aliphatic rings. The molecule has 0 aliphatic carbocycles. The third-order valence-electron chi connectivity index (χ3n) is 4.59. The second-order valence-corrected chi connectivity index (χ2v) is 8.04. The molecule has 2 heterocycles. The number of piperazine rings is 1. The highest BCUT2D eigenvalue weighted by molar-refractivity contribution is 7.99. The molecule has 124 valence electrons. The third-order valence-corrected chi connectivity index (χ3v) is 6.73. The zero-order chi connectivity index (χ0) is 16.7. The van der Waals surface area contributed by atoms with Crippen LogP contribution in [0.1, 0.15) is 11.1 Å². The van der Waals surface area contributed by atoms with Gasteiger partial charge in [-0.25, -0.2) is 0 Å². The van der Waals surface area contributed by atoms with Gasteiger partial charge in [0, 0.05) is 47.2 Å². The lowest BCUT2D eigenvalue weighted by Crippen LogP contribution is -2.43. The van der Waals surface area contributed by atoms with Gasteiger partial charge in [0.2, 0.25) is 0 Å². The molecule has 0 radical (unpaired) electrons. The molecular formula is C19H18Cl2N2S. The minimum absolute atomic E-state index is 0.611. The van der Waals surface area contributed by atoms with Crippen LogP contribution in [0.25, 0.3) is 11.8 Å². The van der Waals surface area contributed by atoms with E-state index in [0.717, 1.165) is 31.1 Å². The summed E-state index contributed by atoms with van der Waals surface area (Å²) >= 11 is 14.6. The van der Waals surface area contributed by atoms with Gasteiger partial charge in [0.05, 0.1) is 10.0 Å². The van der Waals surface area contributed by atoms with Crippen molar-refractivity contribution in [1.29, 1.82) is 0 Å². The molecule has 0 bridgehead atoms. The molecule has 1 fully saturated rings. The molecule has 0 atom stereocenters. The zero-order valence-electron chi connectivity index (χ0n) is 13.4. The molecule has 0 spiro atoms. The molecule has 2 aromatic rings. The van der Waals surface area contributed by atoms with Gasteiger partial charge < -0.3 is 9.80 Å². The van der Waals surface area contributed by atoms with Crippen molar-refractivity contribution < 1.29 is 0 Å². The number of rotatable bonds is 1. The van der Waals surface area contributed by atoms with Gasteiger partial charge in [-0.1, -0.05) is 59.2 Å². The molecule has 0 aromatic heterocycles. The molecule has 2 nitrogen and oxygen atoms in total. The van der Waals surface area contributed by atoms with Crippen molar-refractivity contribution in [2.75, 3.05) is 33.2 Å². The molecule has 2 aromatic carbocycles. The Labute approximate surface area is 157 Å². The SMILES string of the molecule is CN1CCN(C2=Cc3ccccc3Sc3c2ccc(Cl)c3Cl)CC1. The third kappa shape index (κ3) is 2.95. The van der Waals surface area contributed by atoms with Crippen LogP contribution in [0.3, 0.4) is 0 Å². The topological polar surface area (TPSA) is 6.48 Å². The van der Waals surface area contributed by atoms with Crippen molar-refractivity contribution in [3.05, 3.63) is 57.6 Å². The molecule has 2 aliphatic heterocycles. The van der Waals surface area contributed by atoms with Gasteiger partial charge >= 0.3 is 0 Å². The number of fused-ring (bicyclic) bond motifs is 2. The minimum Gasteiger partial charge on any atom is -0.368 e. The maximum atomic E-state index is 6.57. The summed E-state index contributed by atoms with van der Waals surface area (Å²) in [6.07, 6.45) is 2.30. The summed E-state index contributed by atoms with van der Waals surface area (Å²) in [5.41, 5.74) is 3.66. The number of hydrogen-bond acceptors (Lipinski definition) is 3. The summed E-state index contributed by atoms with van der Waals surface area (Å²) in [4.78, 5) is 7.10. The Balaban J connectivity index is 1.87. The molecule has 24 heavy (non-hydrogen) atoms. The number of nitrogens with zero attached hydrogens (tertiary/aromatic N) is 2. The maximum absolute atomic E-state index is 6.57. The second kappa shape index (κ2) is 6.64. The monoisotopic (exact) mass is 376 g/mol. The first-order valence-electron chi connectivity index (χ1n) is 8.04. The molecule has 0 amide bonds. The summed E-state index contributed by atoms with van der Waals surface area (Å²) < 4.78 is 0. The van der Waals surface area contributed by atoms with Gasteiger partial charge in [-0.2, -0.15) is 0 Å². The molecule has 4 rings (SSSR count). The number of likely N-dealkylation sites (N-methyl/N-ethyl adjacent to an activating group) is 1. The largest absolute Gasteiger partial charge is 0.368 e. The van der Waals surface area contributed by atoms with Crippen molar-refractivity contribution in [3.63, 3.8) is 0 Å².